The van der Waals surface area contributed by atoms with Crippen molar-refractivity contribution < 1.29 is 8.42 Å². The topological polar surface area (TPSA) is 63.4 Å². The quantitative estimate of drug-likeness (QED) is 0.843. The predicted octanol–water partition coefficient (Wildman–Crippen LogP) is 0.689. The van der Waals surface area contributed by atoms with E-state index in [1.807, 2.05) is 25.1 Å². The Morgan fingerprint density at radius 3 is 2.53 bits per heavy atom. The molecule has 1 aromatic carbocycles. The molecule has 1 saturated heterocycles. The first-order valence-corrected chi connectivity index (χ1v) is 7.59. The van der Waals surface area contributed by atoms with E-state index in [-0.39, 0.29) is 11.5 Å². The highest BCUT2D eigenvalue weighted by molar-refractivity contribution is 7.91. The highest BCUT2D eigenvalue weighted by Gasteiger charge is 2.23. The summed E-state index contributed by atoms with van der Waals surface area (Å²) in [6.45, 7) is 3.66. The Morgan fingerprint density at radius 2 is 1.94 bits per heavy atom. The monoisotopic (exact) mass is 254 g/mol. The van der Waals surface area contributed by atoms with E-state index in [1.165, 1.54) is 5.56 Å². The molecule has 0 saturated carbocycles. The summed E-state index contributed by atoms with van der Waals surface area (Å²) < 4.78 is 22.8. The Labute approximate surface area is 102 Å². The molecule has 1 fully saturated rings. The van der Waals surface area contributed by atoms with Crippen LogP contribution in [-0.4, -0.2) is 33.0 Å². The first kappa shape index (κ1) is 12.4. The van der Waals surface area contributed by atoms with Gasteiger partial charge in [-0.05, 0) is 24.1 Å². The van der Waals surface area contributed by atoms with Crippen LogP contribution in [0.5, 0.6) is 0 Å². The Morgan fingerprint density at radius 1 is 1.29 bits per heavy atom. The molecule has 17 heavy (non-hydrogen) atoms. The van der Waals surface area contributed by atoms with E-state index in [1.54, 1.807) is 0 Å². The van der Waals surface area contributed by atoms with Crippen molar-refractivity contribution in [2.45, 2.75) is 13.5 Å². The summed E-state index contributed by atoms with van der Waals surface area (Å²) in [4.78, 5) is 2.12. The number of nitrogens with two attached hydrogens (primary N) is 1. The third-order valence-electron chi connectivity index (χ3n) is 3.27. The molecule has 0 radical (unpaired) electrons. The Kier molecular flexibility index (Phi) is 3.40. The van der Waals surface area contributed by atoms with Crippen molar-refractivity contribution in [1.29, 1.82) is 0 Å². The summed E-state index contributed by atoms with van der Waals surface area (Å²) >= 11 is 0. The van der Waals surface area contributed by atoms with Gasteiger partial charge in [-0.3, -0.25) is 0 Å². The molecule has 2 rings (SSSR count). The number of sulfone groups is 1. The first-order valence-electron chi connectivity index (χ1n) is 5.77. The van der Waals surface area contributed by atoms with Crippen molar-refractivity contribution in [1.82, 2.24) is 0 Å². The molecule has 2 N–H and O–H groups in total. The molecule has 0 aromatic heterocycles. The second-order valence-corrected chi connectivity index (χ2v) is 6.72. The molecule has 0 spiro atoms. The van der Waals surface area contributed by atoms with Gasteiger partial charge in [0.2, 0.25) is 0 Å². The maximum Gasteiger partial charge on any atom is 0.153 e. The van der Waals surface area contributed by atoms with Gasteiger partial charge in [-0.15, -0.1) is 0 Å². The van der Waals surface area contributed by atoms with Gasteiger partial charge in [0.25, 0.3) is 0 Å². The average Bonchev–Trinajstić information content (AvgIpc) is 2.29. The van der Waals surface area contributed by atoms with Crippen LogP contribution in [0.1, 0.15) is 11.1 Å². The second-order valence-electron chi connectivity index (χ2n) is 4.42. The molecule has 1 aliphatic rings. The lowest BCUT2D eigenvalue weighted by molar-refractivity contribution is 0.586. The largest absolute Gasteiger partial charge is 0.369 e. The lowest BCUT2D eigenvalue weighted by Crippen LogP contribution is -2.40. The molecule has 0 bridgehead atoms. The minimum atomic E-state index is -2.83. The molecule has 0 aliphatic carbocycles. The first-order chi connectivity index (χ1) is 8.03. The summed E-state index contributed by atoms with van der Waals surface area (Å²) in [5.41, 5.74) is 9.13. The van der Waals surface area contributed by atoms with E-state index >= 15 is 0 Å². The molecule has 1 aliphatic heterocycles. The van der Waals surface area contributed by atoms with E-state index in [0.717, 1.165) is 11.3 Å². The number of benzene rings is 1. The van der Waals surface area contributed by atoms with Gasteiger partial charge in [-0.2, -0.15) is 0 Å². The predicted molar refractivity (Wildman–Crippen MR) is 69.9 cm³/mol. The van der Waals surface area contributed by atoms with Gasteiger partial charge in [-0.25, -0.2) is 8.42 Å². The Balaban J connectivity index is 2.27. The average molecular weight is 254 g/mol. The molecule has 1 heterocycles. The van der Waals surface area contributed by atoms with Crippen molar-refractivity contribution in [3.63, 3.8) is 0 Å². The molecule has 0 amide bonds. The molecular formula is C12H18N2O2S. The van der Waals surface area contributed by atoms with Gasteiger partial charge in [0, 0.05) is 25.3 Å². The number of rotatable bonds is 2. The number of hydrogen-bond donors (Lipinski definition) is 1. The highest BCUT2D eigenvalue weighted by Crippen LogP contribution is 2.24. The number of nitrogens with zero attached hydrogens (tertiary/aromatic N) is 1. The third kappa shape index (κ3) is 2.61. The van der Waals surface area contributed by atoms with Gasteiger partial charge in [-0.1, -0.05) is 12.1 Å². The van der Waals surface area contributed by atoms with Gasteiger partial charge < -0.3 is 10.6 Å². The van der Waals surface area contributed by atoms with Gasteiger partial charge in [0.1, 0.15) is 0 Å². The van der Waals surface area contributed by atoms with Crippen LogP contribution >= 0.6 is 0 Å². The number of anilines is 1. The molecule has 0 atom stereocenters. The molecule has 1 aromatic rings. The highest BCUT2D eigenvalue weighted by atomic mass is 32.2. The van der Waals surface area contributed by atoms with Gasteiger partial charge >= 0.3 is 0 Å². The second kappa shape index (κ2) is 4.66. The Bertz CT molecular complexity index is 497. The zero-order chi connectivity index (χ0) is 12.5. The van der Waals surface area contributed by atoms with E-state index < -0.39 is 9.84 Å². The van der Waals surface area contributed by atoms with E-state index in [2.05, 4.69) is 4.90 Å². The molecule has 4 nitrogen and oxygen atoms in total. The fourth-order valence-corrected chi connectivity index (χ4v) is 3.40. The van der Waals surface area contributed by atoms with Crippen LogP contribution in [0.3, 0.4) is 0 Å². The van der Waals surface area contributed by atoms with Crippen molar-refractivity contribution in [2.75, 3.05) is 29.5 Å². The molecule has 5 heteroatoms. The summed E-state index contributed by atoms with van der Waals surface area (Å²) in [7, 11) is -2.83. The lowest BCUT2D eigenvalue weighted by atomic mass is 10.1. The summed E-state index contributed by atoms with van der Waals surface area (Å²) in [5, 5.41) is 0. The maximum absolute atomic E-state index is 11.4. The third-order valence-corrected chi connectivity index (χ3v) is 4.88. The van der Waals surface area contributed by atoms with Crippen LogP contribution in [0, 0.1) is 6.92 Å². The fraction of sp³-hybridized carbons (Fsp3) is 0.500. The van der Waals surface area contributed by atoms with Crippen molar-refractivity contribution in [3.8, 4) is 0 Å². The van der Waals surface area contributed by atoms with Crippen molar-refractivity contribution >= 4 is 15.5 Å². The van der Waals surface area contributed by atoms with Crippen LogP contribution in [0.2, 0.25) is 0 Å². The molecular weight excluding hydrogens is 236 g/mol. The van der Waals surface area contributed by atoms with E-state index in [0.29, 0.717) is 19.6 Å². The zero-order valence-corrected chi connectivity index (χ0v) is 10.8. The van der Waals surface area contributed by atoms with Crippen LogP contribution in [0.15, 0.2) is 18.2 Å². The minimum Gasteiger partial charge on any atom is -0.369 e. The zero-order valence-electron chi connectivity index (χ0n) is 10.0. The van der Waals surface area contributed by atoms with Crippen molar-refractivity contribution in [3.05, 3.63) is 29.3 Å². The van der Waals surface area contributed by atoms with Crippen molar-refractivity contribution in [2.24, 2.45) is 5.73 Å². The SMILES string of the molecule is Cc1cccc(N2CCS(=O)(=O)CC2)c1CN. The van der Waals surface area contributed by atoms with Crippen LogP contribution < -0.4 is 10.6 Å². The summed E-state index contributed by atoms with van der Waals surface area (Å²) in [6.07, 6.45) is 0. The number of aryl methyl sites for hydroxylation is 1. The molecule has 94 valence electrons. The minimum absolute atomic E-state index is 0.241. The normalized spacial score (nSPS) is 19.3. The van der Waals surface area contributed by atoms with Crippen LogP contribution in [-0.2, 0) is 16.4 Å². The smallest absolute Gasteiger partial charge is 0.153 e. The standard InChI is InChI=1S/C12H18N2O2S/c1-10-3-2-4-12(11(10)9-13)14-5-7-17(15,16)8-6-14/h2-4H,5-9,13H2,1H3. The summed E-state index contributed by atoms with van der Waals surface area (Å²) in [5.74, 6) is 0.482. The summed E-state index contributed by atoms with van der Waals surface area (Å²) in [6, 6.07) is 6.05. The van der Waals surface area contributed by atoms with E-state index in [4.69, 9.17) is 5.73 Å². The fourth-order valence-electron chi connectivity index (χ4n) is 2.20. The van der Waals surface area contributed by atoms with Gasteiger partial charge in [0.15, 0.2) is 9.84 Å². The molecule has 0 unspecified atom stereocenters. The number of hydrogen-bond acceptors (Lipinski definition) is 4. The van der Waals surface area contributed by atoms with Crippen LogP contribution in [0.4, 0.5) is 5.69 Å². The van der Waals surface area contributed by atoms with Crippen LogP contribution in [0.25, 0.3) is 0 Å². The Hall–Kier alpha value is -1.07. The lowest BCUT2D eigenvalue weighted by Gasteiger charge is -2.30. The maximum atomic E-state index is 11.4. The van der Waals surface area contributed by atoms with Gasteiger partial charge in [0.05, 0.1) is 11.5 Å². The van der Waals surface area contributed by atoms with E-state index in [9.17, 15) is 8.42 Å².